The first-order valence-electron chi connectivity index (χ1n) is 6.94. The van der Waals surface area contributed by atoms with Crippen LogP contribution in [0.5, 0.6) is 0 Å². The Labute approximate surface area is 121 Å². The summed E-state index contributed by atoms with van der Waals surface area (Å²) in [7, 11) is 0. The van der Waals surface area contributed by atoms with Crippen LogP contribution in [0.1, 0.15) is 55.4 Å². The molecule has 0 heterocycles. The van der Waals surface area contributed by atoms with E-state index in [1.807, 2.05) is 27.7 Å². The van der Waals surface area contributed by atoms with E-state index in [0.717, 1.165) is 0 Å². The Bertz CT molecular complexity index is 349. The molecule has 2 amide bonds. The summed E-state index contributed by atoms with van der Waals surface area (Å²) in [6.45, 7) is 14.2. The van der Waals surface area contributed by atoms with Gasteiger partial charge >= 0.3 is 0 Å². The summed E-state index contributed by atoms with van der Waals surface area (Å²) in [6, 6.07) is 0.0726. The zero-order chi connectivity index (χ0) is 16.1. The Kier molecular flexibility index (Phi) is 6.32. The SMILES string of the molecule is CC(C)NC(=O)C(C)(C)N=NC(C)(C)C(=O)NC(C)C. The van der Waals surface area contributed by atoms with E-state index >= 15 is 0 Å². The highest BCUT2D eigenvalue weighted by molar-refractivity contribution is 5.86. The first kappa shape index (κ1) is 18.5. The van der Waals surface area contributed by atoms with E-state index in [1.165, 1.54) is 0 Å². The van der Waals surface area contributed by atoms with Crippen LogP contribution >= 0.6 is 0 Å². The van der Waals surface area contributed by atoms with Crippen molar-refractivity contribution in [2.24, 2.45) is 10.2 Å². The van der Waals surface area contributed by atoms with Gasteiger partial charge in [-0.15, -0.1) is 0 Å². The molecule has 0 radical (unpaired) electrons. The molecule has 0 aliphatic heterocycles. The molecule has 116 valence electrons. The van der Waals surface area contributed by atoms with Crippen LogP contribution in [-0.2, 0) is 9.59 Å². The zero-order valence-corrected chi connectivity index (χ0v) is 13.9. The van der Waals surface area contributed by atoms with Crippen LogP contribution in [0.3, 0.4) is 0 Å². The van der Waals surface area contributed by atoms with Crippen molar-refractivity contribution in [1.82, 2.24) is 10.6 Å². The second-order valence-corrected chi connectivity index (χ2v) is 6.57. The number of azo groups is 1. The van der Waals surface area contributed by atoms with Crippen LogP contribution in [-0.4, -0.2) is 35.0 Å². The van der Waals surface area contributed by atoms with Gasteiger partial charge < -0.3 is 10.6 Å². The summed E-state index contributed by atoms with van der Waals surface area (Å²) < 4.78 is 0. The molecule has 6 heteroatoms. The molecule has 0 aliphatic carbocycles. The largest absolute Gasteiger partial charge is 0.352 e. The maximum atomic E-state index is 12.0. The fourth-order valence-electron chi connectivity index (χ4n) is 1.22. The Morgan fingerprint density at radius 3 is 1.20 bits per heavy atom. The third kappa shape index (κ3) is 6.12. The second kappa shape index (κ2) is 6.81. The maximum absolute atomic E-state index is 12.0. The number of rotatable bonds is 6. The molecule has 0 spiro atoms. The van der Waals surface area contributed by atoms with Gasteiger partial charge in [0.15, 0.2) is 11.1 Å². The van der Waals surface area contributed by atoms with E-state index in [-0.39, 0.29) is 23.9 Å². The summed E-state index contributed by atoms with van der Waals surface area (Å²) in [5, 5.41) is 13.7. The first-order valence-corrected chi connectivity index (χ1v) is 6.94. The quantitative estimate of drug-likeness (QED) is 0.732. The fraction of sp³-hybridized carbons (Fsp3) is 0.857. The molecule has 0 aliphatic rings. The van der Waals surface area contributed by atoms with Crippen LogP contribution in [0.15, 0.2) is 10.2 Å². The van der Waals surface area contributed by atoms with Gasteiger partial charge in [0.2, 0.25) is 11.8 Å². The van der Waals surface area contributed by atoms with Gasteiger partial charge in [0, 0.05) is 12.1 Å². The molecule has 0 aromatic heterocycles. The standard InChI is InChI=1S/C14H28N4O2/c1-9(2)15-11(19)13(5,6)17-18-14(7,8)12(20)16-10(3)4/h9-10H,1-8H3,(H,15,19)(H,16,20). The van der Waals surface area contributed by atoms with E-state index in [2.05, 4.69) is 20.9 Å². The molecular formula is C14H28N4O2. The fourth-order valence-corrected chi connectivity index (χ4v) is 1.22. The van der Waals surface area contributed by atoms with Crippen LogP contribution in [0, 0.1) is 0 Å². The monoisotopic (exact) mass is 284 g/mol. The van der Waals surface area contributed by atoms with Gasteiger partial charge in [-0.1, -0.05) is 0 Å². The molecule has 2 N–H and O–H groups in total. The van der Waals surface area contributed by atoms with Gasteiger partial charge in [0.1, 0.15) is 0 Å². The summed E-state index contributed by atoms with van der Waals surface area (Å²) in [5.41, 5.74) is -2.00. The van der Waals surface area contributed by atoms with Crippen LogP contribution in [0.25, 0.3) is 0 Å². The summed E-state index contributed by atoms with van der Waals surface area (Å²) in [6.07, 6.45) is 0. The molecule has 0 rings (SSSR count). The lowest BCUT2D eigenvalue weighted by molar-refractivity contribution is -0.127. The Morgan fingerprint density at radius 2 is 1.00 bits per heavy atom. The topological polar surface area (TPSA) is 82.9 Å². The van der Waals surface area contributed by atoms with Crippen LogP contribution < -0.4 is 10.6 Å². The van der Waals surface area contributed by atoms with Crippen LogP contribution in [0.2, 0.25) is 0 Å². The predicted octanol–water partition coefficient (Wildman–Crippen LogP) is 2.04. The van der Waals surface area contributed by atoms with E-state index in [4.69, 9.17) is 0 Å². The highest BCUT2D eigenvalue weighted by Gasteiger charge is 2.32. The predicted molar refractivity (Wildman–Crippen MR) is 79.6 cm³/mol. The number of amides is 2. The summed E-state index contributed by atoms with van der Waals surface area (Å²) in [5.74, 6) is -0.423. The number of nitrogens with one attached hydrogen (secondary N) is 2. The Morgan fingerprint density at radius 1 is 0.750 bits per heavy atom. The first-order chi connectivity index (χ1) is 8.88. The molecule has 0 fully saturated rings. The molecule has 0 atom stereocenters. The smallest absolute Gasteiger partial charge is 0.249 e. The van der Waals surface area contributed by atoms with Gasteiger partial charge in [-0.2, -0.15) is 10.2 Å². The van der Waals surface area contributed by atoms with Gasteiger partial charge in [-0.3, -0.25) is 9.59 Å². The minimum Gasteiger partial charge on any atom is -0.352 e. The zero-order valence-electron chi connectivity index (χ0n) is 13.9. The number of nitrogens with zero attached hydrogens (tertiary/aromatic N) is 2. The molecular weight excluding hydrogens is 256 g/mol. The van der Waals surface area contributed by atoms with Crippen molar-refractivity contribution < 1.29 is 9.59 Å². The van der Waals surface area contributed by atoms with Gasteiger partial charge in [0.05, 0.1) is 0 Å². The average Bonchev–Trinajstić information content (AvgIpc) is 2.24. The van der Waals surface area contributed by atoms with Crippen molar-refractivity contribution in [2.45, 2.75) is 78.6 Å². The number of hydrogen-bond donors (Lipinski definition) is 2. The summed E-state index contributed by atoms with van der Waals surface area (Å²) in [4.78, 5) is 23.9. The van der Waals surface area contributed by atoms with Gasteiger partial charge in [0.25, 0.3) is 0 Å². The minimum atomic E-state index is -1.00. The van der Waals surface area contributed by atoms with Gasteiger partial charge in [-0.05, 0) is 55.4 Å². The lowest BCUT2D eigenvalue weighted by Gasteiger charge is -2.23. The van der Waals surface area contributed by atoms with Crippen molar-refractivity contribution in [3.8, 4) is 0 Å². The number of carbonyl (C=O) groups is 2. The Hall–Kier alpha value is -1.46. The van der Waals surface area contributed by atoms with Crippen molar-refractivity contribution in [1.29, 1.82) is 0 Å². The third-order valence-corrected chi connectivity index (χ3v) is 2.50. The molecule has 20 heavy (non-hydrogen) atoms. The highest BCUT2D eigenvalue weighted by Crippen LogP contribution is 2.16. The number of carbonyl (C=O) groups excluding carboxylic acids is 2. The normalized spacial score (nSPS) is 13.1. The molecule has 0 aromatic rings. The Balaban J connectivity index is 4.90. The maximum Gasteiger partial charge on any atom is 0.249 e. The molecule has 0 aromatic carbocycles. The van der Waals surface area contributed by atoms with Crippen molar-refractivity contribution in [2.75, 3.05) is 0 Å². The molecule has 6 nitrogen and oxygen atoms in total. The molecule has 0 bridgehead atoms. The summed E-state index contributed by atoms with van der Waals surface area (Å²) >= 11 is 0. The van der Waals surface area contributed by atoms with E-state index in [9.17, 15) is 9.59 Å². The average molecular weight is 284 g/mol. The lowest BCUT2D eigenvalue weighted by atomic mass is 10.0. The highest BCUT2D eigenvalue weighted by atomic mass is 16.2. The van der Waals surface area contributed by atoms with E-state index in [0.29, 0.717) is 0 Å². The van der Waals surface area contributed by atoms with Crippen molar-refractivity contribution in [3.05, 3.63) is 0 Å². The van der Waals surface area contributed by atoms with Crippen LogP contribution in [0.4, 0.5) is 0 Å². The van der Waals surface area contributed by atoms with E-state index in [1.54, 1.807) is 27.7 Å². The van der Waals surface area contributed by atoms with Crippen molar-refractivity contribution in [3.63, 3.8) is 0 Å². The number of hydrogen-bond acceptors (Lipinski definition) is 4. The van der Waals surface area contributed by atoms with Gasteiger partial charge in [-0.25, -0.2) is 0 Å². The lowest BCUT2D eigenvalue weighted by Crippen LogP contribution is -2.46. The minimum absolute atomic E-state index is 0.0363. The van der Waals surface area contributed by atoms with Crippen molar-refractivity contribution >= 4 is 11.8 Å². The second-order valence-electron chi connectivity index (χ2n) is 6.57. The molecule has 0 saturated heterocycles. The third-order valence-electron chi connectivity index (χ3n) is 2.50. The molecule has 0 unspecified atom stereocenters. The van der Waals surface area contributed by atoms with E-state index < -0.39 is 11.1 Å². The molecule has 0 saturated carbocycles.